The number of imide groups is 1. The molecule has 0 spiro atoms. The van der Waals surface area contributed by atoms with Gasteiger partial charge < -0.3 is 10.1 Å². The maximum Gasteiger partial charge on any atom is 0.256 e. The second-order valence-corrected chi connectivity index (χ2v) is 5.46. The van der Waals surface area contributed by atoms with E-state index in [-0.39, 0.29) is 18.2 Å². The topological polar surface area (TPSA) is 58.6 Å². The SMILES string of the molecule is COc1ccccc1NC1CC(=O)N(c2ccccc2C)C1=O. The van der Waals surface area contributed by atoms with Gasteiger partial charge in [0.1, 0.15) is 11.8 Å². The first kappa shape index (κ1) is 15.1. The smallest absolute Gasteiger partial charge is 0.256 e. The van der Waals surface area contributed by atoms with Crippen LogP contribution in [0.1, 0.15) is 12.0 Å². The van der Waals surface area contributed by atoms with Gasteiger partial charge in [0, 0.05) is 0 Å². The molecule has 5 heteroatoms. The molecule has 5 nitrogen and oxygen atoms in total. The summed E-state index contributed by atoms with van der Waals surface area (Å²) in [5.41, 5.74) is 2.24. The molecule has 1 heterocycles. The molecule has 0 radical (unpaired) electrons. The molecule has 3 rings (SSSR count). The molecule has 1 fully saturated rings. The summed E-state index contributed by atoms with van der Waals surface area (Å²) in [6.07, 6.45) is 0.130. The van der Waals surface area contributed by atoms with E-state index < -0.39 is 6.04 Å². The first-order valence-electron chi connectivity index (χ1n) is 7.44. The number of benzene rings is 2. The summed E-state index contributed by atoms with van der Waals surface area (Å²) in [5, 5.41) is 3.12. The number of methoxy groups -OCH3 is 1. The number of carbonyl (C=O) groups excluding carboxylic acids is 2. The quantitative estimate of drug-likeness (QED) is 0.882. The summed E-state index contributed by atoms with van der Waals surface area (Å²) < 4.78 is 5.28. The zero-order valence-corrected chi connectivity index (χ0v) is 13.1. The van der Waals surface area contributed by atoms with Crippen LogP contribution in [0.15, 0.2) is 48.5 Å². The zero-order valence-electron chi connectivity index (χ0n) is 13.1. The van der Waals surface area contributed by atoms with Crippen LogP contribution in [0.2, 0.25) is 0 Å². The van der Waals surface area contributed by atoms with Gasteiger partial charge in [-0.1, -0.05) is 30.3 Å². The van der Waals surface area contributed by atoms with Crippen molar-refractivity contribution in [2.45, 2.75) is 19.4 Å². The third-order valence-corrected chi connectivity index (χ3v) is 3.94. The maximum atomic E-state index is 12.7. The van der Waals surface area contributed by atoms with Crippen molar-refractivity contribution < 1.29 is 14.3 Å². The minimum absolute atomic E-state index is 0.130. The van der Waals surface area contributed by atoms with Crippen molar-refractivity contribution in [1.29, 1.82) is 0 Å². The first-order valence-corrected chi connectivity index (χ1v) is 7.44. The van der Waals surface area contributed by atoms with Crippen LogP contribution < -0.4 is 15.0 Å². The predicted molar refractivity (Wildman–Crippen MR) is 88.7 cm³/mol. The van der Waals surface area contributed by atoms with Crippen molar-refractivity contribution in [2.75, 3.05) is 17.3 Å². The van der Waals surface area contributed by atoms with Crippen LogP contribution in [0, 0.1) is 6.92 Å². The molecule has 0 saturated carbocycles. The first-order chi connectivity index (χ1) is 11.1. The molecule has 1 N–H and O–H groups in total. The standard InChI is InChI=1S/C18H18N2O3/c1-12-7-3-5-9-15(12)20-17(21)11-14(18(20)22)19-13-8-4-6-10-16(13)23-2/h3-10,14,19H,11H2,1-2H3. The van der Waals surface area contributed by atoms with Gasteiger partial charge >= 0.3 is 0 Å². The number of aryl methyl sites for hydroxylation is 1. The largest absolute Gasteiger partial charge is 0.495 e. The highest BCUT2D eigenvalue weighted by Crippen LogP contribution is 2.30. The molecule has 1 aliphatic rings. The van der Waals surface area contributed by atoms with Crippen molar-refractivity contribution in [3.8, 4) is 5.75 Å². The number of carbonyl (C=O) groups is 2. The average Bonchev–Trinajstić information content (AvgIpc) is 2.83. The molecule has 0 bridgehead atoms. The van der Waals surface area contributed by atoms with Crippen LogP contribution in [-0.2, 0) is 9.59 Å². The maximum absolute atomic E-state index is 12.7. The van der Waals surface area contributed by atoms with Crippen LogP contribution in [-0.4, -0.2) is 25.0 Å². The van der Waals surface area contributed by atoms with Crippen molar-refractivity contribution in [2.24, 2.45) is 0 Å². The third kappa shape index (κ3) is 2.77. The Kier molecular flexibility index (Phi) is 4.02. The van der Waals surface area contributed by atoms with Gasteiger partial charge in [0.25, 0.3) is 5.91 Å². The Labute approximate surface area is 134 Å². The van der Waals surface area contributed by atoms with Gasteiger partial charge in [0.15, 0.2) is 0 Å². The highest BCUT2D eigenvalue weighted by atomic mass is 16.5. The molecule has 23 heavy (non-hydrogen) atoms. The molecular formula is C18H18N2O3. The van der Waals surface area contributed by atoms with E-state index >= 15 is 0 Å². The van der Waals surface area contributed by atoms with Gasteiger partial charge in [0.2, 0.25) is 5.91 Å². The number of nitrogens with zero attached hydrogens (tertiary/aromatic N) is 1. The zero-order chi connectivity index (χ0) is 16.4. The molecule has 0 aromatic heterocycles. The van der Waals surface area contributed by atoms with Crippen LogP contribution >= 0.6 is 0 Å². The lowest BCUT2D eigenvalue weighted by Crippen LogP contribution is -2.35. The summed E-state index contributed by atoms with van der Waals surface area (Å²) in [6.45, 7) is 1.89. The van der Waals surface area contributed by atoms with Crippen LogP contribution in [0.5, 0.6) is 5.75 Å². The van der Waals surface area contributed by atoms with Gasteiger partial charge in [-0.05, 0) is 30.7 Å². The number of nitrogens with one attached hydrogen (secondary N) is 1. The molecule has 1 unspecified atom stereocenters. The van der Waals surface area contributed by atoms with Crippen molar-refractivity contribution in [1.82, 2.24) is 0 Å². The number of ether oxygens (including phenoxy) is 1. The van der Waals surface area contributed by atoms with Gasteiger partial charge in [-0.15, -0.1) is 0 Å². The molecule has 2 amide bonds. The Morgan fingerprint density at radius 3 is 2.52 bits per heavy atom. The summed E-state index contributed by atoms with van der Waals surface area (Å²) in [4.78, 5) is 26.3. The molecule has 2 aromatic rings. The Morgan fingerprint density at radius 2 is 1.78 bits per heavy atom. The van der Waals surface area contributed by atoms with Crippen LogP contribution in [0.3, 0.4) is 0 Å². The van der Waals surface area contributed by atoms with E-state index in [1.165, 1.54) is 4.90 Å². The van der Waals surface area contributed by atoms with Crippen molar-refractivity contribution >= 4 is 23.2 Å². The van der Waals surface area contributed by atoms with Gasteiger partial charge in [-0.2, -0.15) is 0 Å². The molecule has 2 aromatic carbocycles. The summed E-state index contributed by atoms with van der Waals surface area (Å²) in [5.74, 6) is 0.203. The van der Waals surface area contributed by atoms with E-state index in [0.29, 0.717) is 17.1 Å². The van der Waals surface area contributed by atoms with E-state index in [1.54, 1.807) is 13.2 Å². The number of rotatable bonds is 4. The lowest BCUT2D eigenvalue weighted by Gasteiger charge is -2.18. The van der Waals surface area contributed by atoms with Crippen LogP contribution in [0.4, 0.5) is 11.4 Å². The number of hydrogen-bond donors (Lipinski definition) is 1. The fourth-order valence-corrected chi connectivity index (χ4v) is 2.76. The minimum Gasteiger partial charge on any atom is -0.495 e. The van der Waals surface area contributed by atoms with Gasteiger partial charge in [-0.3, -0.25) is 9.59 Å². The number of hydrogen-bond acceptors (Lipinski definition) is 4. The van der Waals surface area contributed by atoms with Crippen molar-refractivity contribution in [3.05, 3.63) is 54.1 Å². The molecular weight excluding hydrogens is 292 g/mol. The Balaban J connectivity index is 1.86. The van der Waals surface area contributed by atoms with Crippen LogP contribution in [0.25, 0.3) is 0 Å². The van der Waals surface area contributed by atoms with Gasteiger partial charge in [0.05, 0.1) is 24.9 Å². The lowest BCUT2D eigenvalue weighted by molar-refractivity contribution is -0.121. The molecule has 1 saturated heterocycles. The van der Waals surface area contributed by atoms with Gasteiger partial charge in [-0.25, -0.2) is 4.90 Å². The summed E-state index contributed by atoms with van der Waals surface area (Å²) in [7, 11) is 1.57. The van der Waals surface area contributed by atoms with E-state index in [2.05, 4.69) is 5.32 Å². The summed E-state index contributed by atoms with van der Waals surface area (Å²) in [6, 6.07) is 14.1. The fraction of sp³-hybridized carbons (Fsp3) is 0.222. The monoisotopic (exact) mass is 310 g/mol. The number of para-hydroxylation sites is 3. The molecule has 0 aliphatic carbocycles. The third-order valence-electron chi connectivity index (χ3n) is 3.94. The van der Waals surface area contributed by atoms with E-state index in [1.807, 2.05) is 49.4 Å². The van der Waals surface area contributed by atoms with E-state index in [9.17, 15) is 9.59 Å². The minimum atomic E-state index is -0.585. The Morgan fingerprint density at radius 1 is 1.09 bits per heavy atom. The number of anilines is 2. The average molecular weight is 310 g/mol. The lowest BCUT2D eigenvalue weighted by atomic mass is 10.2. The Hall–Kier alpha value is -2.82. The highest BCUT2D eigenvalue weighted by molar-refractivity contribution is 6.23. The Bertz CT molecular complexity index is 757. The predicted octanol–water partition coefficient (Wildman–Crippen LogP) is 2.75. The second-order valence-electron chi connectivity index (χ2n) is 5.46. The second kappa shape index (κ2) is 6.12. The molecule has 118 valence electrons. The molecule has 1 atom stereocenters. The fourth-order valence-electron chi connectivity index (χ4n) is 2.76. The number of amides is 2. The molecule has 1 aliphatic heterocycles. The highest BCUT2D eigenvalue weighted by Gasteiger charge is 2.40. The van der Waals surface area contributed by atoms with E-state index in [0.717, 1.165) is 5.56 Å². The van der Waals surface area contributed by atoms with E-state index in [4.69, 9.17) is 4.74 Å². The summed E-state index contributed by atoms with van der Waals surface area (Å²) >= 11 is 0. The normalized spacial score (nSPS) is 17.5. The van der Waals surface area contributed by atoms with Crippen molar-refractivity contribution in [3.63, 3.8) is 0 Å².